The zero-order valence-electron chi connectivity index (χ0n) is 14.5. The van der Waals surface area contributed by atoms with E-state index in [1.54, 1.807) is 24.3 Å². The molecule has 2 aliphatic carbocycles. The van der Waals surface area contributed by atoms with Crippen molar-refractivity contribution < 1.29 is 9.72 Å². The predicted molar refractivity (Wildman–Crippen MR) is 95.4 cm³/mol. The average Bonchev–Trinajstić information content (AvgIpc) is 3.25. The van der Waals surface area contributed by atoms with E-state index in [1.165, 1.54) is 25.7 Å². The van der Waals surface area contributed by atoms with Gasteiger partial charge in [-0.15, -0.1) is 0 Å². The van der Waals surface area contributed by atoms with Gasteiger partial charge in [-0.25, -0.2) is 0 Å². The van der Waals surface area contributed by atoms with Gasteiger partial charge in [0.05, 0.1) is 4.92 Å². The summed E-state index contributed by atoms with van der Waals surface area (Å²) in [7, 11) is 0. The van der Waals surface area contributed by atoms with E-state index < -0.39 is 0 Å². The molecule has 1 amide bonds. The van der Waals surface area contributed by atoms with Crippen LogP contribution in [0.25, 0.3) is 0 Å². The molecule has 0 N–H and O–H groups in total. The molecule has 1 aromatic carbocycles. The Morgan fingerprint density at radius 2 is 1.80 bits per heavy atom. The number of rotatable bonds is 4. The van der Waals surface area contributed by atoms with Crippen LogP contribution >= 0.6 is 0 Å². The van der Waals surface area contributed by atoms with Crippen LogP contribution in [0, 0.1) is 27.9 Å². The van der Waals surface area contributed by atoms with Gasteiger partial charge in [0.1, 0.15) is 0 Å². The van der Waals surface area contributed by atoms with Gasteiger partial charge in [-0.2, -0.15) is 0 Å². The highest BCUT2D eigenvalue weighted by atomic mass is 16.6. The molecule has 6 nitrogen and oxygen atoms in total. The molecule has 4 rings (SSSR count). The summed E-state index contributed by atoms with van der Waals surface area (Å²) in [5.74, 6) is 2.64. The van der Waals surface area contributed by atoms with Crippen molar-refractivity contribution in [2.75, 3.05) is 31.1 Å². The number of fused-ring (bicyclic) bond motifs is 2. The molecule has 3 fully saturated rings. The van der Waals surface area contributed by atoms with Crippen molar-refractivity contribution in [1.29, 1.82) is 0 Å². The zero-order valence-corrected chi connectivity index (χ0v) is 14.5. The summed E-state index contributed by atoms with van der Waals surface area (Å²) in [6, 6.07) is 6.68. The number of hydrogen-bond acceptors (Lipinski definition) is 4. The maximum Gasteiger partial charge on any atom is 0.269 e. The van der Waals surface area contributed by atoms with Crippen molar-refractivity contribution in [1.82, 2.24) is 4.90 Å². The quantitative estimate of drug-likeness (QED) is 0.622. The monoisotopic (exact) mass is 343 g/mol. The molecule has 134 valence electrons. The molecular weight excluding hydrogens is 318 g/mol. The zero-order chi connectivity index (χ0) is 17.4. The standard InChI is InChI=1S/C19H25N3O3/c23-19(13-16-12-14-1-2-15(16)11-14)21-9-7-20(8-10-21)17-3-5-18(6-4-17)22(24)25/h3-6,14-16H,1-2,7-13H2. The number of carbonyl (C=O) groups is 1. The number of nitro groups is 1. The molecule has 0 spiro atoms. The van der Waals surface area contributed by atoms with Gasteiger partial charge < -0.3 is 9.80 Å². The smallest absolute Gasteiger partial charge is 0.269 e. The minimum absolute atomic E-state index is 0.114. The first-order valence-corrected chi connectivity index (χ1v) is 9.37. The number of nitrogens with zero attached hydrogens (tertiary/aromatic N) is 3. The van der Waals surface area contributed by atoms with Gasteiger partial charge in [0.15, 0.2) is 0 Å². The summed E-state index contributed by atoms with van der Waals surface area (Å²) in [6.45, 7) is 3.08. The number of nitro benzene ring substituents is 1. The van der Waals surface area contributed by atoms with Crippen molar-refractivity contribution in [3.05, 3.63) is 34.4 Å². The normalized spacial score (nSPS) is 28.4. The lowest BCUT2D eigenvalue weighted by molar-refractivity contribution is -0.384. The molecule has 0 radical (unpaired) electrons. The van der Waals surface area contributed by atoms with E-state index in [9.17, 15) is 14.9 Å². The van der Waals surface area contributed by atoms with E-state index in [1.807, 2.05) is 4.90 Å². The van der Waals surface area contributed by atoms with Crippen molar-refractivity contribution in [3.8, 4) is 0 Å². The van der Waals surface area contributed by atoms with Crippen LogP contribution in [0.3, 0.4) is 0 Å². The maximum atomic E-state index is 12.6. The van der Waals surface area contributed by atoms with Gasteiger partial charge in [0.2, 0.25) is 5.91 Å². The molecule has 2 saturated carbocycles. The fourth-order valence-corrected chi connectivity index (χ4v) is 4.98. The second kappa shape index (κ2) is 6.65. The Kier molecular flexibility index (Phi) is 4.36. The van der Waals surface area contributed by atoms with Crippen molar-refractivity contribution in [3.63, 3.8) is 0 Å². The molecule has 1 aliphatic heterocycles. The van der Waals surface area contributed by atoms with Gasteiger partial charge in [-0.3, -0.25) is 14.9 Å². The van der Waals surface area contributed by atoms with Crippen molar-refractivity contribution in [2.24, 2.45) is 17.8 Å². The minimum atomic E-state index is -0.379. The second-order valence-electron chi connectivity index (χ2n) is 7.78. The van der Waals surface area contributed by atoms with Crippen LogP contribution in [0.5, 0.6) is 0 Å². The van der Waals surface area contributed by atoms with Crippen LogP contribution in [0.15, 0.2) is 24.3 Å². The molecule has 0 aromatic heterocycles. The van der Waals surface area contributed by atoms with Gasteiger partial charge >= 0.3 is 0 Å². The van der Waals surface area contributed by atoms with Crippen LogP contribution in [0.1, 0.15) is 32.1 Å². The summed E-state index contributed by atoms with van der Waals surface area (Å²) < 4.78 is 0. The van der Waals surface area contributed by atoms with Crippen LogP contribution in [0.4, 0.5) is 11.4 Å². The molecule has 3 atom stereocenters. The molecule has 6 heteroatoms. The van der Waals surface area contributed by atoms with Crippen molar-refractivity contribution in [2.45, 2.75) is 32.1 Å². The lowest BCUT2D eigenvalue weighted by Crippen LogP contribution is -2.49. The van der Waals surface area contributed by atoms with Crippen LogP contribution in [-0.4, -0.2) is 41.9 Å². The fraction of sp³-hybridized carbons (Fsp3) is 0.632. The summed E-state index contributed by atoms with van der Waals surface area (Å²) >= 11 is 0. The minimum Gasteiger partial charge on any atom is -0.368 e. The summed E-state index contributed by atoms with van der Waals surface area (Å²) in [5.41, 5.74) is 1.11. The SMILES string of the molecule is O=C(CC1CC2CCC1C2)N1CCN(c2ccc([N+](=O)[O-])cc2)CC1. The third-order valence-corrected chi connectivity index (χ3v) is 6.38. The average molecular weight is 343 g/mol. The third-order valence-electron chi connectivity index (χ3n) is 6.38. The number of carbonyl (C=O) groups excluding carboxylic acids is 1. The Morgan fingerprint density at radius 1 is 1.08 bits per heavy atom. The van der Waals surface area contributed by atoms with E-state index in [4.69, 9.17) is 0 Å². The number of amides is 1. The molecule has 2 bridgehead atoms. The number of anilines is 1. The Balaban J connectivity index is 1.29. The lowest BCUT2D eigenvalue weighted by atomic mass is 9.86. The fourth-order valence-electron chi connectivity index (χ4n) is 4.98. The van der Waals surface area contributed by atoms with Gasteiger partial charge in [0, 0.05) is 50.4 Å². The second-order valence-corrected chi connectivity index (χ2v) is 7.78. The maximum absolute atomic E-state index is 12.6. The first-order chi connectivity index (χ1) is 12.1. The Morgan fingerprint density at radius 3 is 2.36 bits per heavy atom. The van der Waals surface area contributed by atoms with E-state index in [0.717, 1.165) is 50.1 Å². The topological polar surface area (TPSA) is 66.7 Å². The summed E-state index contributed by atoms with van der Waals surface area (Å²) in [5, 5.41) is 10.7. The molecule has 3 aliphatic rings. The van der Waals surface area contributed by atoms with E-state index in [0.29, 0.717) is 11.8 Å². The van der Waals surface area contributed by atoms with Gasteiger partial charge in [-0.1, -0.05) is 6.42 Å². The van der Waals surface area contributed by atoms with E-state index in [2.05, 4.69) is 4.90 Å². The van der Waals surface area contributed by atoms with E-state index >= 15 is 0 Å². The van der Waals surface area contributed by atoms with Gasteiger partial charge in [-0.05, 0) is 49.1 Å². The van der Waals surface area contributed by atoms with Crippen LogP contribution in [0.2, 0.25) is 0 Å². The Hall–Kier alpha value is -2.11. The molecule has 1 aromatic rings. The third kappa shape index (κ3) is 3.34. The molecule has 1 saturated heterocycles. The first-order valence-electron chi connectivity index (χ1n) is 9.37. The van der Waals surface area contributed by atoms with Gasteiger partial charge in [0.25, 0.3) is 5.69 Å². The molecule has 1 heterocycles. The first kappa shape index (κ1) is 16.4. The van der Waals surface area contributed by atoms with Crippen LogP contribution in [-0.2, 0) is 4.79 Å². The van der Waals surface area contributed by atoms with E-state index in [-0.39, 0.29) is 10.6 Å². The highest BCUT2D eigenvalue weighted by Crippen LogP contribution is 2.49. The van der Waals surface area contributed by atoms with Crippen LogP contribution < -0.4 is 4.90 Å². The highest BCUT2D eigenvalue weighted by Gasteiger charge is 2.40. The predicted octanol–water partition coefficient (Wildman–Crippen LogP) is 3.07. The molecule has 25 heavy (non-hydrogen) atoms. The Labute approximate surface area is 147 Å². The molecular formula is C19H25N3O3. The number of piperazine rings is 1. The summed E-state index contributed by atoms with van der Waals surface area (Å²) in [4.78, 5) is 27.2. The number of non-ortho nitro benzene ring substituents is 1. The number of benzene rings is 1. The lowest BCUT2D eigenvalue weighted by Gasteiger charge is -2.37. The largest absolute Gasteiger partial charge is 0.368 e. The van der Waals surface area contributed by atoms with Crippen molar-refractivity contribution >= 4 is 17.3 Å². The Bertz CT molecular complexity index is 652. The molecule has 3 unspecified atom stereocenters. The summed E-state index contributed by atoms with van der Waals surface area (Å²) in [6.07, 6.45) is 6.06. The highest BCUT2D eigenvalue weighted by molar-refractivity contribution is 5.77. The number of hydrogen-bond donors (Lipinski definition) is 0.